The number of hydrogen-bond acceptors (Lipinski definition) is 3. The number of carbonyl (C=O) groups excluding carboxylic acids is 1. The van der Waals surface area contributed by atoms with E-state index < -0.39 is 43.6 Å². The van der Waals surface area contributed by atoms with Crippen molar-refractivity contribution >= 4 is 15.9 Å². The molecule has 0 aliphatic heterocycles. The highest BCUT2D eigenvalue weighted by Gasteiger charge is 2.31. The third-order valence-corrected chi connectivity index (χ3v) is 4.59. The fourth-order valence-corrected chi connectivity index (χ4v) is 2.34. The first-order valence-corrected chi connectivity index (χ1v) is 7.76. The predicted molar refractivity (Wildman–Crippen MR) is 74.2 cm³/mol. The van der Waals surface area contributed by atoms with Gasteiger partial charge in [0.25, 0.3) is 5.91 Å². The molecule has 0 heterocycles. The summed E-state index contributed by atoms with van der Waals surface area (Å²) in [6, 6.07) is 0.977. The molecule has 118 valence electrons. The summed E-state index contributed by atoms with van der Waals surface area (Å²) in [5.74, 6) is -3.44. The molecule has 0 bridgehead atoms. The lowest BCUT2D eigenvalue weighted by molar-refractivity contribution is 0.0615. The SMILES string of the molecule is CCC(C)(C)N(C)C(=O)c1cc(F)c(F)cc1S(N)(=O)=O. The number of rotatable bonds is 4. The minimum Gasteiger partial charge on any atom is -0.337 e. The van der Waals surface area contributed by atoms with Crippen LogP contribution in [0, 0.1) is 11.6 Å². The van der Waals surface area contributed by atoms with Crippen LogP contribution in [0.4, 0.5) is 8.78 Å². The molecule has 0 aliphatic rings. The highest BCUT2D eigenvalue weighted by atomic mass is 32.2. The Bertz CT molecular complexity index is 672. The van der Waals surface area contributed by atoms with Crippen molar-refractivity contribution in [1.82, 2.24) is 4.90 Å². The van der Waals surface area contributed by atoms with Crippen molar-refractivity contribution in [3.05, 3.63) is 29.3 Å². The quantitative estimate of drug-likeness (QED) is 0.919. The molecular weight excluding hydrogens is 302 g/mol. The summed E-state index contributed by atoms with van der Waals surface area (Å²) in [6.45, 7) is 5.37. The first-order valence-electron chi connectivity index (χ1n) is 6.22. The topological polar surface area (TPSA) is 80.5 Å². The molecule has 0 fully saturated rings. The molecule has 5 nitrogen and oxygen atoms in total. The fourth-order valence-electron chi connectivity index (χ4n) is 1.62. The van der Waals surface area contributed by atoms with Gasteiger partial charge in [0, 0.05) is 12.6 Å². The van der Waals surface area contributed by atoms with Gasteiger partial charge >= 0.3 is 0 Å². The van der Waals surface area contributed by atoms with E-state index in [0.29, 0.717) is 18.6 Å². The molecule has 0 atom stereocenters. The molecule has 0 aliphatic carbocycles. The van der Waals surface area contributed by atoms with Gasteiger partial charge in [-0.15, -0.1) is 0 Å². The summed E-state index contributed by atoms with van der Waals surface area (Å²) in [5.41, 5.74) is -1.07. The van der Waals surface area contributed by atoms with Crippen molar-refractivity contribution in [3.8, 4) is 0 Å². The summed E-state index contributed by atoms with van der Waals surface area (Å²) in [7, 11) is -2.90. The molecule has 0 saturated heterocycles. The van der Waals surface area contributed by atoms with Crippen molar-refractivity contribution < 1.29 is 22.0 Å². The highest BCUT2D eigenvalue weighted by molar-refractivity contribution is 7.89. The summed E-state index contributed by atoms with van der Waals surface area (Å²) in [5, 5.41) is 4.97. The van der Waals surface area contributed by atoms with Gasteiger partial charge in [-0.1, -0.05) is 6.92 Å². The fraction of sp³-hybridized carbons (Fsp3) is 0.462. The van der Waals surface area contributed by atoms with Gasteiger partial charge in [-0.25, -0.2) is 22.3 Å². The number of sulfonamides is 1. The maximum absolute atomic E-state index is 13.4. The molecule has 0 spiro atoms. The Morgan fingerprint density at radius 2 is 1.76 bits per heavy atom. The Hall–Kier alpha value is -1.54. The van der Waals surface area contributed by atoms with Crippen LogP contribution >= 0.6 is 0 Å². The average molecular weight is 320 g/mol. The molecule has 2 N–H and O–H groups in total. The van der Waals surface area contributed by atoms with E-state index in [-0.39, 0.29) is 0 Å². The zero-order valence-corrected chi connectivity index (χ0v) is 13.1. The molecule has 0 aromatic heterocycles. The van der Waals surface area contributed by atoms with Crippen molar-refractivity contribution in [2.24, 2.45) is 5.14 Å². The molecule has 0 saturated carbocycles. The normalized spacial score (nSPS) is 12.3. The summed E-state index contributed by atoms with van der Waals surface area (Å²) in [6.07, 6.45) is 0.587. The van der Waals surface area contributed by atoms with Gasteiger partial charge in [0.2, 0.25) is 10.0 Å². The van der Waals surface area contributed by atoms with E-state index in [4.69, 9.17) is 5.14 Å². The summed E-state index contributed by atoms with van der Waals surface area (Å²) < 4.78 is 49.6. The van der Waals surface area contributed by atoms with E-state index in [1.807, 2.05) is 6.92 Å². The number of primary sulfonamides is 1. The van der Waals surface area contributed by atoms with Crippen LogP contribution in [0.15, 0.2) is 17.0 Å². The van der Waals surface area contributed by atoms with E-state index in [1.165, 1.54) is 11.9 Å². The lowest BCUT2D eigenvalue weighted by Gasteiger charge is -2.35. The van der Waals surface area contributed by atoms with Crippen LogP contribution in [-0.2, 0) is 10.0 Å². The van der Waals surface area contributed by atoms with Crippen LogP contribution in [0.1, 0.15) is 37.6 Å². The minimum absolute atomic E-state index is 0.421. The van der Waals surface area contributed by atoms with Gasteiger partial charge < -0.3 is 4.90 Å². The number of benzene rings is 1. The van der Waals surface area contributed by atoms with Crippen LogP contribution in [0.25, 0.3) is 0 Å². The first-order chi connectivity index (χ1) is 9.41. The molecular formula is C13H18F2N2O3S. The van der Waals surface area contributed by atoms with Gasteiger partial charge in [-0.2, -0.15) is 0 Å². The number of carbonyl (C=O) groups is 1. The standard InChI is InChI=1S/C13H18F2N2O3S/c1-5-13(2,3)17(4)12(18)8-6-9(14)10(15)7-11(8)21(16,19)20/h6-7H,5H2,1-4H3,(H2,16,19,20). The van der Waals surface area contributed by atoms with Crippen LogP contribution in [0.2, 0.25) is 0 Å². The zero-order chi connectivity index (χ0) is 16.6. The Morgan fingerprint density at radius 1 is 1.29 bits per heavy atom. The first kappa shape index (κ1) is 17.5. The van der Waals surface area contributed by atoms with Gasteiger partial charge in [-0.3, -0.25) is 4.79 Å². The van der Waals surface area contributed by atoms with Gasteiger partial charge in [0.15, 0.2) is 11.6 Å². The number of amides is 1. The molecule has 0 radical (unpaired) electrons. The molecule has 21 heavy (non-hydrogen) atoms. The van der Waals surface area contributed by atoms with Crippen molar-refractivity contribution in [3.63, 3.8) is 0 Å². The van der Waals surface area contributed by atoms with Gasteiger partial charge in [-0.05, 0) is 32.4 Å². The molecule has 1 aromatic rings. The second-order valence-corrected chi connectivity index (χ2v) is 6.87. The maximum atomic E-state index is 13.4. The number of halogens is 2. The molecule has 1 amide bonds. The van der Waals surface area contributed by atoms with Crippen LogP contribution in [0.3, 0.4) is 0 Å². The van der Waals surface area contributed by atoms with E-state index in [0.717, 1.165) is 0 Å². The van der Waals surface area contributed by atoms with Gasteiger partial charge in [0.1, 0.15) is 0 Å². The zero-order valence-electron chi connectivity index (χ0n) is 12.3. The smallest absolute Gasteiger partial charge is 0.255 e. The number of nitrogens with two attached hydrogens (primary N) is 1. The minimum atomic E-state index is -4.36. The largest absolute Gasteiger partial charge is 0.337 e. The van der Waals surface area contributed by atoms with Crippen LogP contribution < -0.4 is 5.14 Å². The van der Waals surface area contributed by atoms with Gasteiger partial charge in [0.05, 0.1) is 10.5 Å². The Kier molecular flexibility index (Phi) is 4.74. The lowest BCUT2D eigenvalue weighted by atomic mass is 9.99. The number of hydrogen-bond donors (Lipinski definition) is 1. The summed E-state index contributed by atoms with van der Waals surface area (Å²) >= 11 is 0. The van der Waals surface area contributed by atoms with E-state index in [2.05, 4.69) is 0 Å². The predicted octanol–water partition coefficient (Wildman–Crippen LogP) is 1.87. The highest BCUT2D eigenvalue weighted by Crippen LogP contribution is 2.24. The second-order valence-electron chi connectivity index (χ2n) is 5.34. The Labute approximate surface area is 122 Å². The molecule has 8 heteroatoms. The lowest BCUT2D eigenvalue weighted by Crippen LogP contribution is -2.45. The molecule has 1 aromatic carbocycles. The summed E-state index contributed by atoms with van der Waals surface area (Å²) in [4.78, 5) is 12.9. The van der Waals surface area contributed by atoms with Crippen LogP contribution in [0.5, 0.6) is 0 Å². The van der Waals surface area contributed by atoms with Crippen molar-refractivity contribution in [2.45, 2.75) is 37.6 Å². The van der Waals surface area contributed by atoms with Crippen molar-refractivity contribution in [2.75, 3.05) is 7.05 Å². The maximum Gasteiger partial charge on any atom is 0.255 e. The van der Waals surface area contributed by atoms with E-state index >= 15 is 0 Å². The third kappa shape index (κ3) is 3.56. The van der Waals surface area contributed by atoms with Crippen molar-refractivity contribution in [1.29, 1.82) is 0 Å². The second kappa shape index (κ2) is 5.69. The monoisotopic (exact) mass is 320 g/mol. The van der Waals surface area contributed by atoms with Crippen LogP contribution in [-0.4, -0.2) is 31.8 Å². The Balaban J connectivity index is 3.50. The average Bonchev–Trinajstić information content (AvgIpc) is 2.38. The van der Waals surface area contributed by atoms with E-state index in [1.54, 1.807) is 13.8 Å². The number of nitrogens with zero attached hydrogens (tertiary/aromatic N) is 1. The van der Waals surface area contributed by atoms with E-state index in [9.17, 15) is 22.0 Å². The third-order valence-electron chi connectivity index (χ3n) is 3.64. The Morgan fingerprint density at radius 3 is 2.19 bits per heavy atom. The molecule has 1 rings (SSSR count). The molecule has 0 unspecified atom stereocenters.